The highest BCUT2D eigenvalue weighted by Gasteiger charge is 2.12. The zero-order chi connectivity index (χ0) is 16.8. The molecule has 0 aromatic heterocycles. The second kappa shape index (κ2) is 7.43. The van der Waals surface area contributed by atoms with Gasteiger partial charge in [-0.25, -0.2) is 0 Å². The molecule has 5 nitrogen and oxygen atoms in total. The molecule has 0 heterocycles. The molecule has 2 aromatic rings. The third-order valence-electron chi connectivity index (χ3n) is 3.12. The summed E-state index contributed by atoms with van der Waals surface area (Å²) in [5.41, 5.74) is 2.13. The van der Waals surface area contributed by atoms with Gasteiger partial charge in [-0.05, 0) is 36.8 Å². The Morgan fingerprint density at radius 2 is 1.74 bits per heavy atom. The minimum Gasteiger partial charge on any atom is -0.325 e. The van der Waals surface area contributed by atoms with Gasteiger partial charge in [0.1, 0.15) is 12.5 Å². The van der Waals surface area contributed by atoms with Crippen molar-refractivity contribution in [2.75, 3.05) is 10.6 Å². The fourth-order valence-electron chi connectivity index (χ4n) is 1.95. The highest BCUT2D eigenvalue weighted by atomic mass is 35.5. The van der Waals surface area contributed by atoms with Crippen LogP contribution in [-0.4, -0.2) is 11.8 Å². The molecule has 0 spiro atoms. The summed E-state index contributed by atoms with van der Waals surface area (Å²) in [5, 5.41) is 14.7. The molecule has 0 aliphatic rings. The highest BCUT2D eigenvalue weighted by Crippen LogP contribution is 2.20. The zero-order valence-electron chi connectivity index (χ0n) is 12.4. The van der Waals surface area contributed by atoms with Crippen LogP contribution in [0.4, 0.5) is 11.4 Å². The van der Waals surface area contributed by atoms with Crippen LogP contribution in [0.25, 0.3) is 0 Å². The van der Waals surface area contributed by atoms with E-state index in [1.165, 1.54) is 0 Å². The van der Waals surface area contributed by atoms with Crippen molar-refractivity contribution < 1.29 is 9.59 Å². The van der Waals surface area contributed by atoms with Crippen molar-refractivity contribution >= 4 is 34.8 Å². The molecule has 0 radical (unpaired) electrons. The Kier molecular flexibility index (Phi) is 5.34. The van der Waals surface area contributed by atoms with Crippen LogP contribution in [0.2, 0.25) is 5.02 Å². The summed E-state index contributed by atoms with van der Waals surface area (Å²) < 4.78 is 0. The largest absolute Gasteiger partial charge is 0.325 e. The number of benzene rings is 2. The highest BCUT2D eigenvalue weighted by molar-refractivity contribution is 6.31. The van der Waals surface area contributed by atoms with Gasteiger partial charge in [0.15, 0.2) is 0 Å². The number of anilines is 2. The number of halogens is 1. The number of nitriles is 1. The van der Waals surface area contributed by atoms with Crippen molar-refractivity contribution in [3.8, 4) is 6.07 Å². The van der Waals surface area contributed by atoms with Crippen molar-refractivity contribution in [1.29, 1.82) is 5.26 Å². The van der Waals surface area contributed by atoms with Crippen LogP contribution in [0, 0.1) is 18.3 Å². The molecule has 2 N–H and O–H groups in total. The van der Waals surface area contributed by atoms with E-state index >= 15 is 0 Å². The predicted octanol–water partition coefficient (Wildman–Crippen LogP) is 3.49. The molecule has 2 aromatic carbocycles. The van der Waals surface area contributed by atoms with Gasteiger partial charge in [-0.1, -0.05) is 29.8 Å². The van der Waals surface area contributed by atoms with Gasteiger partial charge in [-0.3, -0.25) is 9.59 Å². The molecule has 0 unspecified atom stereocenters. The van der Waals surface area contributed by atoms with E-state index < -0.39 is 11.8 Å². The Hall–Kier alpha value is -2.84. The van der Waals surface area contributed by atoms with Crippen molar-refractivity contribution in [2.24, 2.45) is 0 Å². The van der Waals surface area contributed by atoms with Gasteiger partial charge in [0, 0.05) is 10.7 Å². The number of aryl methyl sites for hydroxylation is 1. The van der Waals surface area contributed by atoms with E-state index in [1.54, 1.807) is 42.5 Å². The van der Waals surface area contributed by atoms with Crippen LogP contribution < -0.4 is 10.6 Å². The molecule has 2 rings (SSSR count). The molecule has 0 saturated heterocycles. The Balaban J connectivity index is 1.99. The van der Waals surface area contributed by atoms with E-state index in [-0.39, 0.29) is 6.42 Å². The number of rotatable bonds is 4. The second-order valence-corrected chi connectivity index (χ2v) is 5.33. The van der Waals surface area contributed by atoms with Crippen LogP contribution in [0.15, 0.2) is 42.5 Å². The molecular weight excluding hydrogens is 314 g/mol. The van der Waals surface area contributed by atoms with Crippen LogP contribution in [-0.2, 0) is 9.59 Å². The minimum absolute atomic E-state index is 0.340. The summed E-state index contributed by atoms with van der Waals surface area (Å²) in [7, 11) is 0. The van der Waals surface area contributed by atoms with Gasteiger partial charge >= 0.3 is 0 Å². The first-order valence-electron chi connectivity index (χ1n) is 6.84. The van der Waals surface area contributed by atoms with Crippen molar-refractivity contribution in [1.82, 2.24) is 0 Å². The fraction of sp³-hybridized carbons (Fsp3) is 0.118. The first-order valence-corrected chi connectivity index (χ1v) is 7.22. The van der Waals surface area contributed by atoms with Gasteiger partial charge in [0.2, 0.25) is 11.8 Å². The summed E-state index contributed by atoms with van der Waals surface area (Å²) >= 11 is 5.89. The maximum atomic E-state index is 12.0. The molecule has 0 atom stereocenters. The number of hydrogen-bond donors (Lipinski definition) is 2. The van der Waals surface area contributed by atoms with Crippen molar-refractivity contribution in [2.45, 2.75) is 13.3 Å². The normalized spacial score (nSPS) is 9.78. The minimum atomic E-state index is -0.495. The standard InChI is InChI=1S/C17H14ClN3O2/c1-11-6-7-13(18)8-15(11)21-17(23)9-16(22)20-14-5-3-2-4-12(14)10-19/h2-8H,9H2,1H3,(H,20,22)(H,21,23). The maximum absolute atomic E-state index is 12.0. The lowest BCUT2D eigenvalue weighted by Gasteiger charge is -2.09. The molecule has 2 amide bonds. The van der Waals surface area contributed by atoms with Crippen LogP contribution in [0.5, 0.6) is 0 Å². The number of para-hydroxylation sites is 1. The molecule has 116 valence electrons. The predicted molar refractivity (Wildman–Crippen MR) is 89.2 cm³/mol. The van der Waals surface area contributed by atoms with Crippen molar-refractivity contribution in [3.63, 3.8) is 0 Å². The Morgan fingerprint density at radius 1 is 1.09 bits per heavy atom. The van der Waals surface area contributed by atoms with Crippen LogP contribution >= 0.6 is 11.6 Å². The number of carbonyl (C=O) groups is 2. The van der Waals surface area contributed by atoms with Gasteiger partial charge in [0.25, 0.3) is 0 Å². The molecule has 0 bridgehead atoms. The third-order valence-corrected chi connectivity index (χ3v) is 3.35. The zero-order valence-corrected chi connectivity index (χ0v) is 13.1. The number of hydrogen-bond acceptors (Lipinski definition) is 3. The van der Waals surface area contributed by atoms with Gasteiger partial charge in [-0.15, -0.1) is 0 Å². The number of nitrogens with one attached hydrogen (secondary N) is 2. The summed E-state index contributed by atoms with van der Waals surface area (Å²) in [6.45, 7) is 1.83. The van der Waals surface area contributed by atoms with E-state index in [2.05, 4.69) is 10.6 Å². The number of amides is 2. The summed E-state index contributed by atoms with van der Waals surface area (Å²) in [4.78, 5) is 23.9. The molecule has 0 aliphatic carbocycles. The van der Waals surface area contributed by atoms with Gasteiger partial charge < -0.3 is 10.6 Å². The second-order valence-electron chi connectivity index (χ2n) is 4.89. The molecule has 23 heavy (non-hydrogen) atoms. The maximum Gasteiger partial charge on any atom is 0.233 e. The topological polar surface area (TPSA) is 82.0 Å². The molecule has 0 saturated carbocycles. The lowest BCUT2D eigenvalue weighted by molar-refractivity contribution is -0.123. The van der Waals surface area contributed by atoms with Crippen molar-refractivity contribution in [3.05, 3.63) is 58.6 Å². The fourth-order valence-corrected chi connectivity index (χ4v) is 2.13. The lowest BCUT2D eigenvalue weighted by Crippen LogP contribution is -2.22. The first-order chi connectivity index (χ1) is 11.0. The third kappa shape index (κ3) is 4.56. The average molecular weight is 328 g/mol. The van der Waals surface area contributed by atoms with E-state index in [0.717, 1.165) is 5.56 Å². The molecule has 0 fully saturated rings. The number of nitrogens with zero attached hydrogens (tertiary/aromatic N) is 1. The Labute approximate surface area is 138 Å². The summed E-state index contributed by atoms with van der Waals surface area (Å²) in [6.07, 6.45) is -0.355. The van der Waals surface area contributed by atoms with Crippen LogP contribution in [0.3, 0.4) is 0 Å². The van der Waals surface area contributed by atoms with E-state index in [9.17, 15) is 9.59 Å². The van der Waals surface area contributed by atoms with E-state index in [1.807, 2.05) is 13.0 Å². The SMILES string of the molecule is Cc1ccc(Cl)cc1NC(=O)CC(=O)Nc1ccccc1C#N. The van der Waals surface area contributed by atoms with E-state index in [4.69, 9.17) is 16.9 Å². The summed E-state index contributed by atoms with van der Waals surface area (Å²) in [5.74, 6) is -0.952. The number of carbonyl (C=O) groups excluding carboxylic acids is 2. The van der Waals surface area contributed by atoms with Gasteiger partial charge in [-0.2, -0.15) is 5.26 Å². The molecule has 6 heteroatoms. The molecular formula is C17H14ClN3O2. The van der Waals surface area contributed by atoms with Gasteiger partial charge in [0.05, 0.1) is 11.3 Å². The summed E-state index contributed by atoms with van der Waals surface area (Å²) in [6, 6.07) is 13.7. The average Bonchev–Trinajstić information content (AvgIpc) is 2.51. The Morgan fingerprint density at radius 3 is 2.43 bits per heavy atom. The lowest BCUT2D eigenvalue weighted by atomic mass is 10.2. The first kappa shape index (κ1) is 16.5. The smallest absolute Gasteiger partial charge is 0.233 e. The monoisotopic (exact) mass is 327 g/mol. The van der Waals surface area contributed by atoms with E-state index in [0.29, 0.717) is 22.0 Å². The quantitative estimate of drug-likeness (QED) is 0.843. The Bertz CT molecular complexity index is 797. The van der Waals surface area contributed by atoms with Crippen LogP contribution in [0.1, 0.15) is 17.5 Å². The molecule has 0 aliphatic heterocycles.